The van der Waals surface area contributed by atoms with Crippen molar-refractivity contribution in [3.8, 4) is 0 Å². The van der Waals surface area contributed by atoms with Gasteiger partial charge in [0.05, 0.1) is 6.61 Å². The van der Waals surface area contributed by atoms with E-state index >= 15 is 0 Å². The molecule has 12 heavy (non-hydrogen) atoms. The van der Waals surface area contributed by atoms with E-state index in [-0.39, 0.29) is 5.97 Å². The highest BCUT2D eigenvalue weighted by Gasteiger charge is 2.06. The van der Waals surface area contributed by atoms with Crippen LogP contribution in [-0.4, -0.2) is 12.6 Å². The van der Waals surface area contributed by atoms with Gasteiger partial charge in [-0.05, 0) is 19.8 Å². The summed E-state index contributed by atoms with van der Waals surface area (Å²) in [6.07, 6.45) is 4.77. The first kappa shape index (κ1) is 11.2. The van der Waals surface area contributed by atoms with Gasteiger partial charge in [-0.3, -0.25) is 0 Å². The molecule has 0 aromatic carbocycles. The predicted octanol–water partition coefficient (Wildman–Crippen LogP) is 2.69. The minimum atomic E-state index is -0.159. The quantitative estimate of drug-likeness (QED) is 0.468. The number of rotatable bonds is 5. The van der Waals surface area contributed by atoms with Crippen molar-refractivity contribution in [1.82, 2.24) is 0 Å². The minimum Gasteiger partial charge on any atom is -0.463 e. The van der Waals surface area contributed by atoms with E-state index in [9.17, 15) is 4.79 Å². The first-order valence-corrected chi connectivity index (χ1v) is 4.62. The topological polar surface area (TPSA) is 26.3 Å². The molecule has 0 aliphatic carbocycles. The number of unbranched alkanes of at least 4 members (excludes halogenated alkanes) is 1. The van der Waals surface area contributed by atoms with Crippen LogP contribution in [0, 0.1) is 0 Å². The van der Waals surface area contributed by atoms with Gasteiger partial charge in [-0.2, -0.15) is 0 Å². The Kier molecular flexibility index (Phi) is 6.44. The van der Waals surface area contributed by atoms with Crippen molar-refractivity contribution in [3.05, 3.63) is 11.6 Å². The molecule has 0 aromatic rings. The zero-order chi connectivity index (χ0) is 9.40. The second kappa shape index (κ2) is 6.89. The SMILES string of the molecule is CCC/C=C(/CC)C(=O)OCC. The number of ether oxygens (including phenoxy) is 1. The van der Waals surface area contributed by atoms with E-state index in [4.69, 9.17) is 4.74 Å². The van der Waals surface area contributed by atoms with Crippen molar-refractivity contribution in [2.45, 2.75) is 40.0 Å². The van der Waals surface area contributed by atoms with Crippen LogP contribution in [0.1, 0.15) is 40.0 Å². The van der Waals surface area contributed by atoms with Gasteiger partial charge in [0.2, 0.25) is 0 Å². The lowest BCUT2D eigenvalue weighted by atomic mass is 10.1. The highest BCUT2D eigenvalue weighted by molar-refractivity contribution is 5.88. The van der Waals surface area contributed by atoms with Crippen LogP contribution in [0.5, 0.6) is 0 Å². The van der Waals surface area contributed by atoms with E-state index in [2.05, 4.69) is 6.92 Å². The highest BCUT2D eigenvalue weighted by atomic mass is 16.5. The van der Waals surface area contributed by atoms with Gasteiger partial charge in [0, 0.05) is 5.57 Å². The highest BCUT2D eigenvalue weighted by Crippen LogP contribution is 2.05. The fourth-order valence-corrected chi connectivity index (χ4v) is 0.914. The third-order valence-corrected chi connectivity index (χ3v) is 1.60. The molecule has 70 valence electrons. The zero-order valence-electron chi connectivity index (χ0n) is 8.22. The van der Waals surface area contributed by atoms with Gasteiger partial charge in [0.1, 0.15) is 0 Å². The number of allylic oxidation sites excluding steroid dienone is 1. The van der Waals surface area contributed by atoms with E-state index in [0.29, 0.717) is 6.61 Å². The van der Waals surface area contributed by atoms with E-state index in [1.807, 2.05) is 19.9 Å². The average Bonchev–Trinajstić information content (AvgIpc) is 2.06. The molecule has 0 aliphatic rings. The molecule has 0 bridgehead atoms. The second-order valence-corrected chi connectivity index (χ2v) is 2.59. The van der Waals surface area contributed by atoms with Crippen LogP contribution in [0.2, 0.25) is 0 Å². The van der Waals surface area contributed by atoms with Crippen molar-refractivity contribution >= 4 is 5.97 Å². The molecule has 2 nitrogen and oxygen atoms in total. The maximum atomic E-state index is 11.2. The average molecular weight is 170 g/mol. The van der Waals surface area contributed by atoms with E-state index in [1.165, 1.54) is 0 Å². The Labute approximate surface area is 74.6 Å². The van der Waals surface area contributed by atoms with Gasteiger partial charge < -0.3 is 4.74 Å². The zero-order valence-corrected chi connectivity index (χ0v) is 8.22. The number of hydrogen-bond acceptors (Lipinski definition) is 2. The van der Waals surface area contributed by atoms with Crippen molar-refractivity contribution < 1.29 is 9.53 Å². The molecular weight excluding hydrogens is 152 g/mol. The molecule has 0 N–H and O–H groups in total. The number of esters is 1. The Balaban J connectivity index is 4.04. The molecule has 0 saturated carbocycles. The van der Waals surface area contributed by atoms with Crippen LogP contribution in [0.15, 0.2) is 11.6 Å². The van der Waals surface area contributed by atoms with Crippen molar-refractivity contribution in [3.63, 3.8) is 0 Å². The molecule has 0 heterocycles. The molecule has 0 radical (unpaired) electrons. The number of hydrogen-bond donors (Lipinski definition) is 0. The maximum Gasteiger partial charge on any atom is 0.333 e. The summed E-state index contributed by atoms with van der Waals surface area (Å²) in [5.41, 5.74) is 0.804. The molecule has 0 aromatic heterocycles. The smallest absolute Gasteiger partial charge is 0.333 e. The summed E-state index contributed by atoms with van der Waals surface area (Å²) in [4.78, 5) is 11.2. The molecule has 0 aliphatic heterocycles. The molecule has 0 fully saturated rings. The van der Waals surface area contributed by atoms with Crippen molar-refractivity contribution in [1.29, 1.82) is 0 Å². The summed E-state index contributed by atoms with van der Waals surface area (Å²) in [5, 5.41) is 0. The monoisotopic (exact) mass is 170 g/mol. The molecule has 0 unspecified atom stereocenters. The lowest BCUT2D eigenvalue weighted by Gasteiger charge is -2.03. The maximum absolute atomic E-state index is 11.2. The van der Waals surface area contributed by atoms with Gasteiger partial charge in [-0.1, -0.05) is 26.3 Å². The van der Waals surface area contributed by atoms with E-state index < -0.39 is 0 Å². The summed E-state index contributed by atoms with van der Waals surface area (Å²) in [5.74, 6) is -0.159. The lowest BCUT2D eigenvalue weighted by molar-refractivity contribution is -0.138. The summed E-state index contributed by atoms with van der Waals surface area (Å²) in [6.45, 7) is 6.35. The van der Waals surface area contributed by atoms with Crippen LogP contribution >= 0.6 is 0 Å². The Hall–Kier alpha value is -0.790. The summed E-state index contributed by atoms with van der Waals surface area (Å²) < 4.78 is 4.88. The Morgan fingerprint density at radius 1 is 1.33 bits per heavy atom. The summed E-state index contributed by atoms with van der Waals surface area (Å²) in [6, 6.07) is 0. The standard InChI is InChI=1S/C10H18O2/c1-4-7-8-9(5-2)10(11)12-6-3/h8H,4-7H2,1-3H3/b9-8-. The van der Waals surface area contributed by atoms with Gasteiger partial charge >= 0.3 is 5.97 Å². The third-order valence-electron chi connectivity index (χ3n) is 1.60. The normalized spacial score (nSPS) is 11.4. The van der Waals surface area contributed by atoms with Gasteiger partial charge in [-0.15, -0.1) is 0 Å². The number of carbonyl (C=O) groups is 1. The second-order valence-electron chi connectivity index (χ2n) is 2.59. The van der Waals surface area contributed by atoms with Crippen LogP contribution in [0.3, 0.4) is 0 Å². The molecule has 0 saturated heterocycles. The Morgan fingerprint density at radius 2 is 2.00 bits per heavy atom. The molecule has 0 amide bonds. The summed E-state index contributed by atoms with van der Waals surface area (Å²) >= 11 is 0. The minimum absolute atomic E-state index is 0.159. The van der Waals surface area contributed by atoms with Gasteiger partial charge in [0.25, 0.3) is 0 Å². The molecule has 0 spiro atoms. The molecular formula is C10H18O2. The summed E-state index contributed by atoms with van der Waals surface area (Å²) in [7, 11) is 0. The fourth-order valence-electron chi connectivity index (χ4n) is 0.914. The molecule has 0 atom stereocenters. The van der Waals surface area contributed by atoms with Crippen LogP contribution in [0.25, 0.3) is 0 Å². The largest absolute Gasteiger partial charge is 0.463 e. The van der Waals surface area contributed by atoms with Crippen LogP contribution < -0.4 is 0 Å². The first-order valence-electron chi connectivity index (χ1n) is 4.62. The van der Waals surface area contributed by atoms with Crippen LogP contribution in [0.4, 0.5) is 0 Å². The lowest BCUT2D eigenvalue weighted by Crippen LogP contribution is -2.06. The predicted molar refractivity (Wildman–Crippen MR) is 49.9 cm³/mol. The molecule has 2 heteroatoms. The van der Waals surface area contributed by atoms with Gasteiger partial charge in [0.15, 0.2) is 0 Å². The van der Waals surface area contributed by atoms with Crippen molar-refractivity contribution in [2.24, 2.45) is 0 Å². The third kappa shape index (κ3) is 4.16. The van der Waals surface area contributed by atoms with Gasteiger partial charge in [-0.25, -0.2) is 4.79 Å². The van der Waals surface area contributed by atoms with E-state index in [1.54, 1.807) is 0 Å². The van der Waals surface area contributed by atoms with Crippen molar-refractivity contribution in [2.75, 3.05) is 6.61 Å². The Morgan fingerprint density at radius 3 is 2.42 bits per heavy atom. The van der Waals surface area contributed by atoms with E-state index in [0.717, 1.165) is 24.8 Å². The molecule has 0 rings (SSSR count). The number of carbonyl (C=O) groups excluding carboxylic acids is 1. The van der Waals surface area contributed by atoms with Crippen LogP contribution in [-0.2, 0) is 9.53 Å². The first-order chi connectivity index (χ1) is 5.76. The Bertz CT molecular complexity index is 159. The fraction of sp³-hybridized carbons (Fsp3) is 0.700.